The normalized spacial score (nSPS) is 12.3. The van der Waals surface area contributed by atoms with Crippen molar-refractivity contribution in [2.24, 2.45) is 0 Å². The van der Waals surface area contributed by atoms with Crippen molar-refractivity contribution in [3.8, 4) is 0 Å². The zero-order valence-corrected chi connectivity index (χ0v) is 14.8. The highest BCUT2D eigenvalue weighted by Crippen LogP contribution is 2.21. The number of aromatic nitrogens is 3. The van der Waals surface area contributed by atoms with Crippen molar-refractivity contribution in [3.63, 3.8) is 0 Å². The van der Waals surface area contributed by atoms with Crippen LogP contribution in [0.15, 0.2) is 67.1 Å². The van der Waals surface area contributed by atoms with Crippen molar-refractivity contribution in [2.45, 2.75) is 32.9 Å². The molecule has 4 heteroatoms. The van der Waals surface area contributed by atoms with Gasteiger partial charge in [-0.1, -0.05) is 18.2 Å². The van der Waals surface area contributed by atoms with E-state index in [0.29, 0.717) is 0 Å². The van der Waals surface area contributed by atoms with Gasteiger partial charge in [-0.05, 0) is 49.7 Å². The van der Waals surface area contributed by atoms with Crippen molar-refractivity contribution >= 4 is 0 Å². The lowest BCUT2D eigenvalue weighted by Gasteiger charge is -2.29. The number of pyridine rings is 3. The molecule has 128 valence electrons. The Hall–Kier alpha value is -2.59. The van der Waals surface area contributed by atoms with Gasteiger partial charge in [0.05, 0.1) is 11.4 Å². The summed E-state index contributed by atoms with van der Waals surface area (Å²) >= 11 is 0. The number of hydrogen-bond acceptors (Lipinski definition) is 4. The molecule has 3 aromatic rings. The fourth-order valence-corrected chi connectivity index (χ4v) is 2.90. The summed E-state index contributed by atoms with van der Waals surface area (Å²) < 4.78 is 0. The molecule has 0 aliphatic rings. The molecule has 0 bridgehead atoms. The molecule has 3 rings (SSSR count). The minimum atomic E-state index is 0.214. The van der Waals surface area contributed by atoms with E-state index < -0.39 is 0 Å². The molecule has 0 aliphatic heterocycles. The predicted octanol–water partition coefficient (Wildman–Crippen LogP) is 3.99. The summed E-state index contributed by atoms with van der Waals surface area (Å²) in [5.41, 5.74) is 4.53. The Labute approximate surface area is 149 Å². The number of rotatable bonds is 7. The lowest BCUT2D eigenvalue weighted by molar-refractivity contribution is 0.197. The first kappa shape index (κ1) is 17.2. The maximum absolute atomic E-state index is 4.57. The zero-order chi connectivity index (χ0) is 17.5. The molecule has 0 radical (unpaired) electrons. The number of hydrogen-bond donors (Lipinski definition) is 0. The van der Waals surface area contributed by atoms with E-state index in [1.165, 1.54) is 5.56 Å². The second-order valence-electron chi connectivity index (χ2n) is 6.24. The molecule has 3 heterocycles. The second kappa shape index (κ2) is 8.49. The Morgan fingerprint density at radius 1 is 0.880 bits per heavy atom. The van der Waals surface area contributed by atoms with Crippen LogP contribution in [-0.2, 0) is 13.0 Å². The third-order valence-electron chi connectivity index (χ3n) is 4.52. The summed E-state index contributed by atoms with van der Waals surface area (Å²) in [6, 6.07) is 16.5. The Morgan fingerprint density at radius 2 is 1.64 bits per heavy atom. The minimum Gasteiger partial charge on any atom is -0.289 e. The van der Waals surface area contributed by atoms with Gasteiger partial charge in [0.1, 0.15) is 0 Å². The molecule has 25 heavy (non-hydrogen) atoms. The topological polar surface area (TPSA) is 41.9 Å². The SMILES string of the molecule is Cc1cccnc1CN(CCc1ccccn1)C(C)c1ccccn1. The summed E-state index contributed by atoms with van der Waals surface area (Å²) in [5, 5.41) is 0. The molecule has 0 fully saturated rings. The van der Waals surface area contributed by atoms with E-state index >= 15 is 0 Å². The van der Waals surface area contributed by atoms with E-state index in [4.69, 9.17) is 0 Å². The monoisotopic (exact) mass is 332 g/mol. The van der Waals surface area contributed by atoms with Crippen LogP contribution < -0.4 is 0 Å². The quantitative estimate of drug-likeness (QED) is 0.656. The maximum atomic E-state index is 4.57. The average Bonchev–Trinajstić information content (AvgIpc) is 2.67. The van der Waals surface area contributed by atoms with Gasteiger partial charge in [0.15, 0.2) is 0 Å². The van der Waals surface area contributed by atoms with Crippen LogP contribution in [0, 0.1) is 6.92 Å². The first-order valence-corrected chi connectivity index (χ1v) is 8.69. The summed E-state index contributed by atoms with van der Waals surface area (Å²) in [5.74, 6) is 0. The molecule has 3 aromatic heterocycles. The highest BCUT2D eigenvalue weighted by molar-refractivity contribution is 5.18. The van der Waals surface area contributed by atoms with Crippen LogP contribution in [0.3, 0.4) is 0 Å². The van der Waals surface area contributed by atoms with Crippen LogP contribution in [-0.4, -0.2) is 26.4 Å². The Bertz CT molecular complexity index is 774. The molecular formula is C21H24N4. The summed E-state index contributed by atoms with van der Waals surface area (Å²) in [6.07, 6.45) is 6.48. The fourth-order valence-electron chi connectivity index (χ4n) is 2.90. The minimum absolute atomic E-state index is 0.214. The van der Waals surface area contributed by atoms with E-state index in [-0.39, 0.29) is 6.04 Å². The standard InChI is InChI=1S/C21H24N4/c1-17-8-7-14-24-21(17)16-25(15-11-19-9-3-5-12-22-19)18(2)20-10-4-6-13-23-20/h3-10,12-14,18H,11,15-16H2,1-2H3. The average molecular weight is 332 g/mol. The molecule has 0 aliphatic carbocycles. The van der Waals surface area contributed by atoms with Gasteiger partial charge in [-0.3, -0.25) is 19.9 Å². The van der Waals surface area contributed by atoms with Crippen LogP contribution in [0.5, 0.6) is 0 Å². The molecule has 4 nitrogen and oxygen atoms in total. The van der Waals surface area contributed by atoms with E-state index in [2.05, 4.69) is 51.9 Å². The smallest absolute Gasteiger partial charge is 0.0573 e. The van der Waals surface area contributed by atoms with Gasteiger partial charge < -0.3 is 0 Å². The number of nitrogens with zero attached hydrogens (tertiary/aromatic N) is 4. The predicted molar refractivity (Wildman–Crippen MR) is 100.0 cm³/mol. The first-order valence-electron chi connectivity index (χ1n) is 8.69. The first-order chi connectivity index (χ1) is 12.2. The van der Waals surface area contributed by atoms with Gasteiger partial charge in [0, 0.05) is 49.8 Å². The van der Waals surface area contributed by atoms with Crippen molar-refractivity contribution in [3.05, 3.63) is 89.8 Å². The van der Waals surface area contributed by atoms with Gasteiger partial charge in [0.25, 0.3) is 0 Å². The van der Waals surface area contributed by atoms with Crippen molar-refractivity contribution in [1.82, 2.24) is 19.9 Å². The van der Waals surface area contributed by atoms with Gasteiger partial charge >= 0.3 is 0 Å². The molecular weight excluding hydrogens is 308 g/mol. The number of aryl methyl sites for hydroxylation is 1. The summed E-state index contributed by atoms with van der Waals surface area (Å²) in [6.45, 7) is 6.03. The van der Waals surface area contributed by atoms with Gasteiger partial charge in [-0.15, -0.1) is 0 Å². The van der Waals surface area contributed by atoms with Crippen molar-refractivity contribution in [1.29, 1.82) is 0 Å². The highest BCUT2D eigenvalue weighted by Gasteiger charge is 2.18. The Morgan fingerprint density at radius 3 is 2.32 bits per heavy atom. The van der Waals surface area contributed by atoms with Gasteiger partial charge in [-0.25, -0.2) is 0 Å². The Kier molecular flexibility index (Phi) is 5.86. The lowest BCUT2D eigenvalue weighted by Crippen LogP contribution is -2.30. The van der Waals surface area contributed by atoms with E-state index in [1.54, 1.807) is 0 Å². The van der Waals surface area contributed by atoms with Crippen LogP contribution in [0.2, 0.25) is 0 Å². The van der Waals surface area contributed by atoms with Gasteiger partial charge in [-0.2, -0.15) is 0 Å². The lowest BCUT2D eigenvalue weighted by atomic mass is 10.1. The van der Waals surface area contributed by atoms with Crippen LogP contribution >= 0.6 is 0 Å². The summed E-state index contributed by atoms with van der Waals surface area (Å²) in [4.78, 5) is 16.0. The molecule has 0 spiro atoms. The van der Waals surface area contributed by atoms with E-state index in [9.17, 15) is 0 Å². The summed E-state index contributed by atoms with van der Waals surface area (Å²) in [7, 11) is 0. The molecule has 0 aromatic carbocycles. The molecule has 1 unspecified atom stereocenters. The molecule has 0 saturated carbocycles. The van der Waals surface area contributed by atoms with Crippen LogP contribution in [0.4, 0.5) is 0 Å². The third-order valence-corrected chi connectivity index (χ3v) is 4.52. The second-order valence-corrected chi connectivity index (χ2v) is 6.24. The fraction of sp³-hybridized carbons (Fsp3) is 0.286. The third kappa shape index (κ3) is 4.70. The van der Waals surface area contributed by atoms with Crippen molar-refractivity contribution in [2.75, 3.05) is 6.54 Å². The van der Waals surface area contributed by atoms with E-state index in [1.807, 2.05) is 48.9 Å². The molecule has 0 saturated heterocycles. The molecule has 0 N–H and O–H groups in total. The Balaban J connectivity index is 1.79. The molecule has 0 amide bonds. The highest BCUT2D eigenvalue weighted by atomic mass is 15.2. The van der Waals surface area contributed by atoms with Crippen LogP contribution in [0.25, 0.3) is 0 Å². The van der Waals surface area contributed by atoms with Gasteiger partial charge in [0.2, 0.25) is 0 Å². The van der Waals surface area contributed by atoms with Crippen molar-refractivity contribution < 1.29 is 0 Å². The zero-order valence-electron chi connectivity index (χ0n) is 14.8. The molecule has 1 atom stereocenters. The van der Waals surface area contributed by atoms with Crippen LogP contribution in [0.1, 0.15) is 35.6 Å². The van der Waals surface area contributed by atoms with E-state index in [0.717, 1.165) is 36.6 Å². The maximum Gasteiger partial charge on any atom is 0.0573 e. The largest absolute Gasteiger partial charge is 0.289 e.